The van der Waals surface area contributed by atoms with Crippen molar-refractivity contribution in [3.8, 4) is 17.4 Å². The van der Waals surface area contributed by atoms with Crippen molar-refractivity contribution in [1.29, 1.82) is 0 Å². The second-order valence-corrected chi connectivity index (χ2v) is 5.94. The summed E-state index contributed by atoms with van der Waals surface area (Å²) in [6.07, 6.45) is -4.53. The van der Waals surface area contributed by atoms with Gasteiger partial charge in [0.25, 0.3) is 5.91 Å². The molecule has 10 heteroatoms. The Morgan fingerprint density at radius 3 is 2.43 bits per heavy atom. The van der Waals surface area contributed by atoms with E-state index in [9.17, 15) is 22.8 Å². The SMILES string of the molecule is COc1cc(Oc2cccc(C(F)(F)F)c2)nc(C(=O)NC(=O)NC(C)C)c1. The summed E-state index contributed by atoms with van der Waals surface area (Å²) in [4.78, 5) is 27.8. The molecule has 0 bridgehead atoms. The number of amides is 3. The van der Waals surface area contributed by atoms with E-state index in [4.69, 9.17) is 9.47 Å². The molecule has 0 aliphatic rings. The van der Waals surface area contributed by atoms with Crippen molar-refractivity contribution in [2.75, 3.05) is 7.11 Å². The summed E-state index contributed by atoms with van der Waals surface area (Å²) in [5, 5.41) is 4.57. The second kappa shape index (κ2) is 8.59. The lowest BCUT2D eigenvalue weighted by Crippen LogP contribution is -2.42. The minimum atomic E-state index is -4.53. The van der Waals surface area contributed by atoms with Gasteiger partial charge in [0.2, 0.25) is 5.88 Å². The monoisotopic (exact) mass is 397 g/mol. The summed E-state index contributed by atoms with van der Waals surface area (Å²) in [5.41, 5.74) is -1.10. The molecule has 3 amide bonds. The molecule has 2 aromatic rings. The minimum absolute atomic E-state index is 0.125. The average Bonchev–Trinajstić information content (AvgIpc) is 2.60. The minimum Gasteiger partial charge on any atom is -0.496 e. The average molecular weight is 397 g/mol. The Morgan fingerprint density at radius 2 is 1.82 bits per heavy atom. The highest BCUT2D eigenvalue weighted by atomic mass is 19.4. The van der Waals surface area contributed by atoms with Gasteiger partial charge < -0.3 is 14.8 Å². The number of hydrogen-bond acceptors (Lipinski definition) is 5. The van der Waals surface area contributed by atoms with E-state index in [1.54, 1.807) is 13.8 Å². The third kappa shape index (κ3) is 5.86. The van der Waals surface area contributed by atoms with Crippen molar-refractivity contribution < 1.29 is 32.2 Å². The number of rotatable bonds is 5. The van der Waals surface area contributed by atoms with Gasteiger partial charge in [-0.15, -0.1) is 0 Å². The number of halogens is 3. The van der Waals surface area contributed by atoms with Crippen molar-refractivity contribution in [2.45, 2.75) is 26.1 Å². The predicted octanol–water partition coefficient (Wildman–Crippen LogP) is 3.75. The van der Waals surface area contributed by atoms with Gasteiger partial charge in [0.1, 0.15) is 17.2 Å². The Morgan fingerprint density at radius 1 is 1.11 bits per heavy atom. The van der Waals surface area contributed by atoms with Gasteiger partial charge in [0.15, 0.2) is 0 Å². The van der Waals surface area contributed by atoms with Crippen molar-refractivity contribution in [3.63, 3.8) is 0 Å². The molecular formula is C18H18F3N3O4. The Bertz CT molecular complexity index is 869. The fraction of sp³-hybridized carbons (Fsp3) is 0.278. The predicted molar refractivity (Wildman–Crippen MR) is 93.4 cm³/mol. The van der Waals surface area contributed by atoms with E-state index in [1.165, 1.54) is 31.4 Å². The topological polar surface area (TPSA) is 89.6 Å². The summed E-state index contributed by atoms with van der Waals surface area (Å²) in [6, 6.07) is 5.85. The fourth-order valence-electron chi connectivity index (χ4n) is 2.09. The normalized spacial score (nSPS) is 11.1. The van der Waals surface area contributed by atoms with Crippen LogP contribution in [0.3, 0.4) is 0 Å². The molecule has 0 saturated heterocycles. The number of urea groups is 1. The zero-order valence-corrected chi connectivity index (χ0v) is 15.3. The molecule has 0 fully saturated rings. The van der Waals surface area contributed by atoms with Crippen LogP contribution in [0, 0.1) is 0 Å². The van der Waals surface area contributed by atoms with Crippen LogP contribution in [0.15, 0.2) is 36.4 Å². The molecule has 150 valence electrons. The number of aromatic nitrogens is 1. The van der Waals surface area contributed by atoms with E-state index in [2.05, 4.69) is 15.6 Å². The van der Waals surface area contributed by atoms with Crippen LogP contribution in [0.5, 0.6) is 17.4 Å². The maximum absolute atomic E-state index is 12.8. The maximum atomic E-state index is 12.8. The zero-order valence-electron chi connectivity index (χ0n) is 15.3. The highest BCUT2D eigenvalue weighted by Gasteiger charge is 2.30. The first-order valence-electron chi connectivity index (χ1n) is 8.11. The molecule has 28 heavy (non-hydrogen) atoms. The summed E-state index contributed by atoms with van der Waals surface area (Å²) in [5.74, 6) is -0.954. The van der Waals surface area contributed by atoms with E-state index < -0.39 is 23.7 Å². The van der Waals surface area contributed by atoms with Gasteiger partial charge in [-0.1, -0.05) is 6.07 Å². The van der Waals surface area contributed by atoms with E-state index in [0.29, 0.717) is 0 Å². The number of pyridine rings is 1. The van der Waals surface area contributed by atoms with Gasteiger partial charge in [0.05, 0.1) is 12.7 Å². The van der Waals surface area contributed by atoms with Gasteiger partial charge >= 0.3 is 12.2 Å². The number of nitrogens with zero attached hydrogens (tertiary/aromatic N) is 1. The maximum Gasteiger partial charge on any atom is 0.416 e. The first-order chi connectivity index (χ1) is 13.1. The van der Waals surface area contributed by atoms with Gasteiger partial charge in [-0.2, -0.15) is 13.2 Å². The summed E-state index contributed by atoms with van der Waals surface area (Å²) < 4.78 is 48.9. The lowest BCUT2D eigenvalue weighted by atomic mass is 10.2. The van der Waals surface area contributed by atoms with Crippen molar-refractivity contribution in [2.24, 2.45) is 0 Å². The smallest absolute Gasteiger partial charge is 0.416 e. The van der Waals surface area contributed by atoms with Crippen LogP contribution in [-0.4, -0.2) is 30.1 Å². The number of nitrogens with one attached hydrogen (secondary N) is 2. The van der Waals surface area contributed by atoms with Crippen LogP contribution in [0.2, 0.25) is 0 Å². The molecule has 0 unspecified atom stereocenters. The van der Waals surface area contributed by atoms with Crippen molar-refractivity contribution >= 4 is 11.9 Å². The molecule has 7 nitrogen and oxygen atoms in total. The Balaban J connectivity index is 2.25. The molecule has 0 radical (unpaired) electrons. The van der Waals surface area contributed by atoms with Crippen molar-refractivity contribution in [1.82, 2.24) is 15.6 Å². The van der Waals surface area contributed by atoms with Crippen LogP contribution in [0.4, 0.5) is 18.0 Å². The first-order valence-corrected chi connectivity index (χ1v) is 8.11. The molecule has 0 spiro atoms. The first kappa shape index (κ1) is 21.0. The largest absolute Gasteiger partial charge is 0.496 e. The number of carbonyl (C=O) groups is 2. The third-order valence-corrected chi connectivity index (χ3v) is 3.27. The Labute approximate surface area is 158 Å². The second-order valence-electron chi connectivity index (χ2n) is 5.94. The number of methoxy groups -OCH3 is 1. The van der Waals surface area contributed by atoms with Gasteiger partial charge in [-0.25, -0.2) is 9.78 Å². The molecule has 0 aliphatic carbocycles. The molecule has 2 N–H and O–H groups in total. The van der Waals surface area contributed by atoms with Crippen LogP contribution in [0.1, 0.15) is 29.9 Å². The van der Waals surface area contributed by atoms with Gasteiger partial charge in [-0.3, -0.25) is 10.1 Å². The van der Waals surface area contributed by atoms with E-state index in [0.717, 1.165) is 12.1 Å². The van der Waals surface area contributed by atoms with Gasteiger partial charge in [0, 0.05) is 18.2 Å². The molecule has 0 aliphatic heterocycles. The van der Waals surface area contributed by atoms with Gasteiger partial charge in [-0.05, 0) is 32.0 Å². The van der Waals surface area contributed by atoms with Crippen LogP contribution in [-0.2, 0) is 6.18 Å². The van der Waals surface area contributed by atoms with Crippen LogP contribution < -0.4 is 20.1 Å². The summed E-state index contributed by atoms with van der Waals surface area (Å²) in [7, 11) is 1.33. The van der Waals surface area contributed by atoms with E-state index >= 15 is 0 Å². The molecule has 0 atom stereocenters. The molecule has 1 aromatic carbocycles. The molecule has 0 saturated carbocycles. The highest BCUT2D eigenvalue weighted by molar-refractivity contribution is 6.03. The lowest BCUT2D eigenvalue weighted by molar-refractivity contribution is -0.137. The Hall–Kier alpha value is -3.30. The van der Waals surface area contributed by atoms with Crippen LogP contribution in [0.25, 0.3) is 0 Å². The lowest BCUT2D eigenvalue weighted by Gasteiger charge is -2.12. The summed E-state index contributed by atoms with van der Waals surface area (Å²) >= 11 is 0. The number of imide groups is 1. The number of benzene rings is 1. The standard InChI is InChI=1S/C18H18F3N3O4/c1-10(2)22-17(26)24-16(25)14-8-13(27-3)9-15(23-14)28-12-6-4-5-11(7-12)18(19,20)21/h4-10H,1-3H3,(H2,22,24,25,26). The number of ether oxygens (including phenoxy) is 2. The molecular weight excluding hydrogens is 379 g/mol. The van der Waals surface area contributed by atoms with E-state index in [-0.39, 0.29) is 29.1 Å². The molecule has 1 heterocycles. The van der Waals surface area contributed by atoms with Crippen LogP contribution >= 0.6 is 0 Å². The summed E-state index contributed by atoms with van der Waals surface area (Å²) in [6.45, 7) is 3.43. The fourth-order valence-corrected chi connectivity index (χ4v) is 2.09. The number of alkyl halides is 3. The highest BCUT2D eigenvalue weighted by Crippen LogP contribution is 2.33. The number of hydrogen-bond donors (Lipinski definition) is 2. The Kier molecular flexibility index (Phi) is 6.45. The zero-order chi connectivity index (χ0) is 20.9. The number of carbonyl (C=O) groups excluding carboxylic acids is 2. The van der Waals surface area contributed by atoms with E-state index in [1.807, 2.05) is 0 Å². The third-order valence-electron chi connectivity index (χ3n) is 3.27. The molecule has 1 aromatic heterocycles. The molecule has 2 rings (SSSR count). The van der Waals surface area contributed by atoms with Crippen molar-refractivity contribution in [3.05, 3.63) is 47.7 Å². The quantitative estimate of drug-likeness (QED) is 0.802.